The summed E-state index contributed by atoms with van der Waals surface area (Å²) in [4.78, 5) is 4.65. The van der Waals surface area contributed by atoms with E-state index in [4.69, 9.17) is 8.83 Å². The molecular formula is C54H40N2O2. The van der Waals surface area contributed by atoms with E-state index in [1.54, 1.807) is 0 Å². The highest BCUT2D eigenvalue weighted by molar-refractivity contribution is 6.27. The van der Waals surface area contributed by atoms with Gasteiger partial charge in [0.25, 0.3) is 0 Å². The van der Waals surface area contributed by atoms with E-state index >= 15 is 0 Å². The molecule has 0 aliphatic rings. The number of nitrogens with zero attached hydrogens (tertiary/aromatic N) is 2. The van der Waals surface area contributed by atoms with Crippen LogP contribution in [0.1, 0.15) is 22.3 Å². The second kappa shape index (κ2) is 13.1. The number of anilines is 6. The molecule has 0 saturated carbocycles. The summed E-state index contributed by atoms with van der Waals surface area (Å²) in [6, 6.07) is 61.3. The van der Waals surface area contributed by atoms with Crippen molar-refractivity contribution in [3.63, 3.8) is 0 Å². The van der Waals surface area contributed by atoms with Crippen LogP contribution in [0.3, 0.4) is 0 Å². The Bertz CT molecular complexity index is 3160. The highest BCUT2D eigenvalue weighted by Gasteiger charge is 2.20. The topological polar surface area (TPSA) is 32.8 Å². The van der Waals surface area contributed by atoms with E-state index in [2.05, 4.69) is 195 Å². The van der Waals surface area contributed by atoms with Gasteiger partial charge in [-0.2, -0.15) is 0 Å². The molecule has 0 aliphatic heterocycles. The maximum Gasteiger partial charge on any atom is 0.136 e. The van der Waals surface area contributed by atoms with Crippen LogP contribution in [0, 0.1) is 27.7 Å². The van der Waals surface area contributed by atoms with Gasteiger partial charge >= 0.3 is 0 Å². The first-order valence-corrected chi connectivity index (χ1v) is 19.9. The Morgan fingerprint density at radius 3 is 1.10 bits per heavy atom. The number of aryl methyl sites for hydroxylation is 4. The first-order chi connectivity index (χ1) is 28.3. The van der Waals surface area contributed by atoms with Gasteiger partial charge in [0.05, 0.1) is 0 Å². The molecule has 0 atom stereocenters. The van der Waals surface area contributed by atoms with Crippen LogP contribution in [0.15, 0.2) is 179 Å². The first-order valence-electron chi connectivity index (χ1n) is 19.9. The van der Waals surface area contributed by atoms with Crippen molar-refractivity contribution in [2.75, 3.05) is 9.80 Å². The van der Waals surface area contributed by atoms with Gasteiger partial charge in [0.15, 0.2) is 0 Å². The normalized spacial score (nSPS) is 11.8. The molecule has 0 unspecified atom stereocenters. The van der Waals surface area contributed by atoms with Gasteiger partial charge in [-0.1, -0.05) is 71.8 Å². The lowest BCUT2D eigenvalue weighted by atomic mass is 10.00. The van der Waals surface area contributed by atoms with Crippen LogP contribution in [0.25, 0.3) is 65.4 Å². The third-order valence-corrected chi connectivity index (χ3v) is 11.6. The van der Waals surface area contributed by atoms with Crippen LogP contribution in [0.4, 0.5) is 34.1 Å². The third kappa shape index (κ3) is 5.68. The smallest absolute Gasteiger partial charge is 0.136 e. The molecule has 9 aromatic carbocycles. The first kappa shape index (κ1) is 34.0. The summed E-state index contributed by atoms with van der Waals surface area (Å²) in [5.74, 6) is 0. The monoisotopic (exact) mass is 748 g/mol. The zero-order valence-corrected chi connectivity index (χ0v) is 32.9. The highest BCUT2D eigenvalue weighted by atomic mass is 16.3. The molecule has 11 aromatic rings. The zero-order chi connectivity index (χ0) is 39.1. The molecule has 0 bridgehead atoms. The molecule has 0 N–H and O–H groups in total. The second-order valence-corrected chi connectivity index (χ2v) is 15.8. The number of hydrogen-bond acceptors (Lipinski definition) is 4. The summed E-state index contributed by atoms with van der Waals surface area (Å²) in [5.41, 5.74) is 15.0. The number of hydrogen-bond donors (Lipinski definition) is 0. The van der Waals surface area contributed by atoms with E-state index in [9.17, 15) is 0 Å². The van der Waals surface area contributed by atoms with E-state index in [0.717, 1.165) is 99.5 Å². The summed E-state index contributed by atoms with van der Waals surface area (Å²) in [6.07, 6.45) is 0. The van der Waals surface area contributed by atoms with Gasteiger partial charge < -0.3 is 18.6 Å². The van der Waals surface area contributed by atoms with Crippen LogP contribution in [0.5, 0.6) is 0 Å². The summed E-state index contributed by atoms with van der Waals surface area (Å²) in [6.45, 7) is 8.53. The molecule has 11 rings (SSSR count). The van der Waals surface area contributed by atoms with Gasteiger partial charge in [-0.05, 0) is 170 Å². The Labute approximate surface area is 336 Å². The van der Waals surface area contributed by atoms with Gasteiger partial charge in [-0.25, -0.2) is 0 Å². The van der Waals surface area contributed by atoms with Gasteiger partial charge in [0.1, 0.15) is 22.3 Å². The minimum Gasteiger partial charge on any atom is -0.456 e. The average molecular weight is 749 g/mol. The molecule has 0 saturated heterocycles. The Kier molecular flexibility index (Phi) is 7.70. The van der Waals surface area contributed by atoms with E-state index in [1.807, 2.05) is 12.1 Å². The van der Waals surface area contributed by atoms with Crippen molar-refractivity contribution in [3.8, 4) is 0 Å². The van der Waals surface area contributed by atoms with Crippen molar-refractivity contribution in [3.05, 3.63) is 192 Å². The van der Waals surface area contributed by atoms with Crippen LogP contribution < -0.4 is 9.80 Å². The van der Waals surface area contributed by atoms with Crippen LogP contribution in [-0.4, -0.2) is 0 Å². The highest BCUT2D eigenvalue weighted by Crippen LogP contribution is 2.44. The van der Waals surface area contributed by atoms with Crippen molar-refractivity contribution in [1.82, 2.24) is 0 Å². The Morgan fingerprint density at radius 2 is 0.690 bits per heavy atom. The van der Waals surface area contributed by atoms with Crippen molar-refractivity contribution in [2.45, 2.75) is 27.7 Å². The maximum absolute atomic E-state index is 6.65. The van der Waals surface area contributed by atoms with Crippen molar-refractivity contribution >= 4 is 99.5 Å². The lowest BCUT2D eigenvalue weighted by Gasteiger charge is -2.26. The summed E-state index contributed by atoms with van der Waals surface area (Å²) in [5, 5.41) is 8.88. The molecule has 0 aliphatic carbocycles. The average Bonchev–Trinajstić information content (AvgIpc) is 3.77. The van der Waals surface area contributed by atoms with Crippen LogP contribution >= 0.6 is 0 Å². The molecule has 278 valence electrons. The largest absolute Gasteiger partial charge is 0.456 e. The molecule has 0 amide bonds. The molecule has 0 radical (unpaired) electrons. The number of fused-ring (bicyclic) bond motifs is 9. The molecular weight excluding hydrogens is 709 g/mol. The molecule has 4 nitrogen and oxygen atoms in total. The van der Waals surface area contributed by atoms with E-state index < -0.39 is 0 Å². The number of benzene rings is 9. The Morgan fingerprint density at radius 1 is 0.293 bits per heavy atom. The molecule has 0 fully saturated rings. The van der Waals surface area contributed by atoms with Crippen molar-refractivity contribution < 1.29 is 8.83 Å². The lowest BCUT2D eigenvalue weighted by Crippen LogP contribution is -2.10. The Balaban J connectivity index is 1.04. The minimum atomic E-state index is 0.851. The zero-order valence-electron chi connectivity index (χ0n) is 32.9. The third-order valence-electron chi connectivity index (χ3n) is 11.6. The summed E-state index contributed by atoms with van der Waals surface area (Å²) in [7, 11) is 0. The van der Waals surface area contributed by atoms with Gasteiger partial charge in [0.2, 0.25) is 0 Å². The minimum absolute atomic E-state index is 0.851. The quantitative estimate of drug-likeness (QED) is 0.170. The van der Waals surface area contributed by atoms with Crippen molar-refractivity contribution in [1.29, 1.82) is 0 Å². The summed E-state index contributed by atoms with van der Waals surface area (Å²) >= 11 is 0. The predicted molar refractivity (Wildman–Crippen MR) is 244 cm³/mol. The van der Waals surface area contributed by atoms with Crippen LogP contribution in [0.2, 0.25) is 0 Å². The molecule has 4 heteroatoms. The fourth-order valence-electron chi connectivity index (χ4n) is 8.69. The molecule has 58 heavy (non-hydrogen) atoms. The molecule has 2 aromatic heterocycles. The van der Waals surface area contributed by atoms with Crippen molar-refractivity contribution in [2.24, 2.45) is 0 Å². The fourth-order valence-corrected chi connectivity index (χ4v) is 8.69. The molecule has 0 spiro atoms. The molecule has 2 heterocycles. The van der Waals surface area contributed by atoms with E-state index in [1.165, 1.54) is 22.3 Å². The van der Waals surface area contributed by atoms with E-state index in [0.29, 0.717) is 0 Å². The number of rotatable bonds is 6. The summed E-state index contributed by atoms with van der Waals surface area (Å²) < 4.78 is 13.3. The lowest BCUT2D eigenvalue weighted by molar-refractivity contribution is 0.663. The van der Waals surface area contributed by atoms with E-state index in [-0.39, 0.29) is 0 Å². The standard InChI is InChI=1S/C54H40N2O2/c1-33-11-17-41(18-12-33)55(43-9-5-7-35(3)25-43)45-21-15-37-29-47-51(31-39(37)27-45)57-49-23-24-50-54(53(47)49)48-30-38-16-22-46(28-40(38)32-52(48)58-50)56(42-19-13-34(2)14-20-42)44-10-6-8-36(4)26-44/h5-32H,1-4H3. The fraction of sp³-hybridized carbons (Fsp3) is 0.0741. The number of furan rings is 2. The van der Waals surface area contributed by atoms with Gasteiger partial charge in [-0.15, -0.1) is 0 Å². The maximum atomic E-state index is 6.65. The Hall–Kier alpha value is -7.30. The second-order valence-electron chi connectivity index (χ2n) is 15.8. The van der Waals surface area contributed by atoms with Crippen LogP contribution in [-0.2, 0) is 0 Å². The van der Waals surface area contributed by atoms with Gasteiger partial charge in [0, 0.05) is 55.7 Å². The SMILES string of the molecule is Cc1ccc(N(c2cccc(C)c2)c2ccc3cc4c(cc3c2)oc2ccc3oc5cc6cc(N(c7ccc(C)cc7)c7cccc(C)c7)ccc6cc5c3c24)cc1. The predicted octanol–water partition coefficient (Wildman–Crippen LogP) is 16.0. The van der Waals surface area contributed by atoms with Gasteiger partial charge in [-0.3, -0.25) is 0 Å².